The number of hydrogen-bond donors (Lipinski definition) is 1. The highest BCUT2D eigenvalue weighted by molar-refractivity contribution is 5.90. The molecule has 2 aliphatic heterocycles. The van der Waals surface area contributed by atoms with Gasteiger partial charge >= 0.3 is 0 Å². The molecule has 5 aromatic rings. The molecule has 0 aliphatic carbocycles. The lowest BCUT2D eigenvalue weighted by Crippen LogP contribution is -2.51. The van der Waals surface area contributed by atoms with Crippen LogP contribution < -0.4 is 19.7 Å². The molecule has 0 unspecified atom stereocenters. The summed E-state index contributed by atoms with van der Waals surface area (Å²) in [4.78, 5) is 19.8. The number of aromatic nitrogens is 6. The summed E-state index contributed by atoms with van der Waals surface area (Å²) in [6.07, 6.45) is 4.59. The molecule has 180 valence electrons. The predicted molar refractivity (Wildman–Crippen MR) is 128 cm³/mol. The van der Waals surface area contributed by atoms with Gasteiger partial charge in [0.25, 0.3) is 0 Å². The summed E-state index contributed by atoms with van der Waals surface area (Å²) in [5.74, 6) is 2.14. The van der Waals surface area contributed by atoms with Crippen molar-refractivity contribution in [2.24, 2.45) is 0 Å². The molecule has 2 aliphatic rings. The maximum Gasteiger partial charge on any atom is 0.172 e. The maximum absolute atomic E-state index is 15.1. The van der Waals surface area contributed by atoms with Crippen molar-refractivity contribution in [1.82, 2.24) is 29.5 Å². The van der Waals surface area contributed by atoms with Crippen LogP contribution in [0.5, 0.6) is 17.2 Å². The molecule has 0 saturated carbocycles. The molecule has 0 spiro atoms. The molecule has 11 nitrogen and oxygen atoms in total. The van der Waals surface area contributed by atoms with Gasteiger partial charge < -0.3 is 24.4 Å². The minimum absolute atomic E-state index is 0.104. The molecule has 1 N–H and O–H groups in total. The maximum atomic E-state index is 15.1. The summed E-state index contributed by atoms with van der Waals surface area (Å²) >= 11 is 0. The standard InChI is InChI=1S/C24H19FN8O3/c25-17-7-15(36-16-3-4-33-21(8-16)27-13-29-33)1-2-18(17)30-23-22-19(26-12-28-23)9-20-24(31-22)32-5-6-34-10-14(32)11-35-20/h1-4,7-9,12-14H,5-6,10-11H2,(H,26,28,30)/t14-/m0/s1. The molecule has 1 saturated heterocycles. The van der Waals surface area contributed by atoms with Crippen molar-refractivity contribution in [1.29, 1.82) is 0 Å². The first-order valence-electron chi connectivity index (χ1n) is 11.4. The van der Waals surface area contributed by atoms with E-state index in [1.54, 1.807) is 35.0 Å². The molecule has 0 radical (unpaired) electrons. The zero-order valence-corrected chi connectivity index (χ0v) is 18.8. The Bertz CT molecular complexity index is 1610. The van der Waals surface area contributed by atoms with Gasteiger partial charge in [-0.05, 0) is 18.2 Å². The van der Waals surface area contributed by atoms with E-state index >= 15 is 4.39 Å². The third kappa shape index (κ3) is 3.58. The molecule has 6 heterocycles. The van der Waals surface area contributed by atoms with Gasteiger partial charge in [0.05, 0.1) is 30.5 Å². The van der Waals surface area contributed by atoms with Gasteiger partial charge in [-0.15, -0.1) is 0 Å². The van der Waals surface area contributed by atoms with Crippen LogP contribution in [0.4, 0.5) is 21.7 Å². The number of ether oxygens (including phenoxy) is 3. The van der Waals surface area contributed by atoms with Crippen LogP contribution in [0.3, 0.4) is 0 Å². The van der Waals surface area contributed by atoms with Gasteiger partial charge in [-0.1, -0.05) is 0 Å². The average Bonchev–Trinajstić information content (AvgIpc) is 3.37. The summed E-state index contributed by atoms with van der Waals surface area (Å²) in [5, 5.41) is 7.10. The Hall–Kier alpha value is -4.58. The number of benzene rings is 1. The quantitative estimate of drug-likeness (QED) is 0.406. The largest absolute Gasteiger partial charge is 0.487 e. The molecule has 12 heteroatoms. The summed E-state index contributed by atoms with van der Waals surface area (Å²) in [7, 11) is 0. The zero-order chi connectivity index (χ0) is 24.1. The molecule has 36 heavy (non-hydrogen) atoms. The normalized spacial score (nSPS) is 16.9. The van der Waals surface area contributed by atoms with Gasteiger partial charge in [-0.2, -0.15) is 5.10 Å². The topological polar surface area (TPSA) is 112 Å². The minimum atomic E-state index is -0.502. The van der Waals surface area contributed by atoms with Crippen molar-refractivity contribution < 1.29 is 18.6 Å². The number of morpholine rings is 1. The van der Waals surface area contributed by atoms with Crippen LogP contribution in [-0.4, -0.2) is 62.0 Å². The van der Waals surface area contributed by atoms with E-state index in [0.717, 1.165) is 6.54 Å². The van der Waals surface area contributed by atoms with Crippen molar-refractivity contribution in [2.75, 3.05) is 36.6 Å². The molecule has 1 aromatic carbocycles. The van der Waals surface area contributed by atoms with E-state index in [1.165, 1.54) is 18.7 Å². The highest BCUT2D eigenvalue weighted by Gasteiger charge is 2.32. The van der Waals surface area contributed by atoms with Crippen LogP contribution >= 0.6 is 0 Å². The van der Waals surface area contributed by atoms with Crippen LogP contribution in [0.15, 0.2) is 55.2 Å². The molecule has 0 amide bonds. The Balaban J connectivity index is 1.18. The number of halogens is 1. The lowest BCUT2D eigenvalue weighted by atomic mass is 10.2. The third-order valence-electron chi connectivity index (χ3n) is 6.17. The van der Waals surface area contributed by atoms with Gasteiger partial charge in [-0.3, -0.25) is 0 Å². The molecule has 1 fully saturated rings. The van der Waals surface area contributed by atoms with Crippen molar-refractivity contribution >= 4 is 34.0 Å². The lowest BCUT2D eigenvalue weighted by Gasteiger charge is -2.40. The molecule has 0 bridgehead atoms. The van der Waals surface area contributed by atoms with E-state index in [4.69, 9.17) is 19.2 Å². The van der Waals surface area contributed by atoms with Crippen molar-refractivity contribution in [3.63, 3.8) is 0 Å². The summed E-state index contributed by atoms with van der Waals surface area (Å²) < 4.78 is 34.0. The van der Waals surface area contributed by atoms with Crippen LogP contribution in [0.2, 0.25) is 0 Å². The summed E-state index contributed by atoms with van der Waals surface area (Å²) in [5.41, 5.74) is 1.98. The van der Waals surface area contributed by atoms with E-state index in [9.17, 15) is 0 Å². The van der Waals surface area contributed by atoms with Gasteiger partial charge in [0, 0.05) is 30.9 Å². The number of hydrogen-bond acceptors (Lipinski definition) is 10. The Labute approximate surface area is 203 Å². The second-order valence-electron chi connectivity index (χ2n) is 8.43. The van der Waals surface area contributed by atoms with Crippen molar-refractivity contribution in [3.8, 4) is 17.2 Å². The Morgan fingerprint density at radius 3 is 2.92 bits per heavy atom. The van der Waals surface area contributed by atoms with E-state index < -0.39 is 5.82 Å². The van der Waals surface area contributed by atoms with Crippen LogP contribution in [0.1, 0.15) is 0 Å². The molecule has 4 aromatic heterocycles. The first kappa shape index (κ1) is 20.8. The number of pyridine rings is 2. The third-order valence-corrected chi connectivity index (χ3v) is 6.17. The molecular formula is C24H19FN8O3. The summed E-state index contributed by atoms with van der Waals surface area (Å²) in [6.45, 7) is 2.46. The number of nitrogens with one attached hydrogen (secondary N) is 1. The van der Waals surface area contributed by atoms with E-state index in [-0.39, 0.29) is 11.7 Å². The lowest BCUT2D eigenvalue weighted by molar-refractivity contribution is 0.0698. The van der Waals surface area contributed by atoms with E-state index in [0.29, 0.717) is 65.4 Å². The van der Waals surface area contributed by atoms with Crippen LogP contribution in [0.25, 0.3) is 16.7 Å². The van der Waals surface area contributed by atoms with Gasteiger partial charge in [0.2, 0.25) is 0 Å². The summed E-state index contributed by atoms with van der Waals surface area (Å²) in [6, 6.07) is 9.97. The fourth-order valence-electron chi connectivity index (χ4n) is 4.40. The van der Waals surface area contributed by atoms with Crippen LogP contribution in [-0.2, 0) is 4.74 Å². The Morgan fingerprint density at radius 2 is 1.97 bits per heavy atom. The first-order chi connectivity index (χ1) is 17.7. The molecule has 1 atom stereocenters. The Kier molecular flexibility index (Phi) is 4.77. The van der Waals surface area contributed by atoms with Crippen molar-refractivity contribution in [3.05, 3.63) is 61.1 Å². The number of fused-ring (bicyclic) bond motifs is 5. The highest BCUT2D eigenvalue weighted by atomic mass is 19.1. The number of anilines is 3. The average molecular weight is 486 g/mol. The van der Waals surface area contributed by atoms with Gasteiger partial charge in [0.15, 0.2) is 23.0 Å². The minimum Gasteiger partial charge on any atom is -0.487 e. The van der Waals surface area contributed by atoms with Crippen molar-refractivity contribution in [2.45, 2.75) is 6.04 Å². The van der Waals surface area contributed by atoms with Crippen LogP contribution in [0, 0.1) is 5.82 Å². The SMILES string of the molecule is Fc1cc(Oc2ccn3ncnc3c2)ccc1Nc1ncnc2cc3c(nc12)N1CCOC[C@H]1CO3. The fraction of sp³-hybridized carbons (Fsp3) is 0.208. The zero-order valence-electron chi connectivity index (χ0n) is 18.8. The highest BCUT2D eigenvalue weighted by Crippen LogP contribution is 2.37. The molecule has 7 rings (SSSR count). The van der Waals surface area contributed by atoms with Gasteiger partial charge in [-0.25, -0.2) is 28.8 Å². The van der Waals surface area contributed by atoms with Gasteiger partial charge in [0.1, 0.15) is 42.1 Å². The fourth-order valence-corrected chi connectivity index (χ4v) is 4.40. The smallest absolute Gasteiger partial charge is 0.172 e. The number of nitrogens with zero attached hydrogens (tertiary/aromatic N) is 7. The van der Waals surface area contributed by atoms with E-state index in [2.05, 4.69) is 30.3 Å². The monoisotopic (exact) mass is 486 g/mol. The second kappa shape index (κ2) is 8.27. The first-order valence-corrected chi connectivity index (χ1v) is 11.4. The number of rotatable bonds is 4. The molecular weight excluding hydrogens is 467 g/mol. The van der Waals surface area contributed by atoms with E-state index in [1.807, 2.05) is 6.07 Å². The Morgan fingerprint density at radius 1 is 1.03 bits per heavy atom. The predicted octanol–water partition coefficient (Wildman–Crippen LogP) is 3.34. The second-order valence-corrected chi connectivity index (χ2v) is 8.43.